The van der Waals surface area contributed by atoms with E-state index < -0.39 is 0 Å². The van der Waals surface area contributed by atoms with Crippen molar-refractivity contribution in [2.24, 2.45) is 22.2 Å². The first kappa shape index (κ1) is 83.5. The normalized spacial score (nSPS) is 19.2. The number of amides is 5. The number of carbonyl (C=O) groups is 3. The number of aliphatic hydroxyl groups is 2. The number of aromatic nitrogens is 11. The number of fused-ring (bicyclic) bond motifs is 3. The lowest BCUT2D eigenvalue weighted by atomic mass is 9.72. The predicted octanol–water partition coefficient (Wildman–Crippen LogP) is 13.4. The molecule has 129 heavy (non-hydrogen) atoms. The highest BCUT2D eigenvalue weighted by molar-refractivity contribution is 7.17. The van der Waals surface area contributed by atoms with E-state index in [2.05, 4.69) is 74.8 Å². The monoisotopic (exact) mass is 1790 g/mol. The zero-order valence-electron chi connectivity index (χ0n) is 74.5. The molecule has 12 aromatic rings. The zero-order valence-corrected chi connectivity index (χ0v) is 75.9. The number of carbonyl (C=O) groups excluding carboxylic acids is 3. The summed E-state index contributed by atoms with van der Waals surface area (Å²) in [4.78, 5) is 87.2. The molecule has 9 aromatic heterocycles. The second-order valence-corrected chi connectivity index (χ2v) is 40.5. The van der Waals surface area contributed by atoms with E-state index >= 15 is 0 Å². The number of aliphatic hydroxyl groups excluding tert-OH is 2. The molecule has 23 rings (SSSR count). The van der Waals surface area contributed by atoms with Crippen LogP contribution in [0.2, 0.25) is 0 Å². The van der Waals surface area contributed by atoms with Crippen LogP contribution in [0.1, 0.15) is 125 Å². The van der Waals surface area contributed by atoms with E-state index in [1.165, 1.54) is 34.0 Å². The molecule has 2 N–H and O–H groups in total. The number of hydrogen-bond donors (Lipinski definition) is 2. The molecule has 1 atom stereocenters. The maximum Gasteiger partial charge on any atom is 0.320 e. The lowest BCUT2D eigenvalue weighted by Crippen LogP contribution is -2.75. The molecule has 2 saturated carbocycles. The second kappa shape index (κ2) is 32.4. The summed E-state index contributed by atoms with van der Waals surface area (Å²) >= 11 is 4.16. The molecule has 0 unspecified atom stereocenters. The molecule has 34 heteroatoms. The number of nitriles is 3. The largest absolute Gasteiger partial charge is 0.389 e. The molecule has 0 bridgehead atoms. The molecule has 3 aromatic carbocycles. The summed E-state index contributed by atoms with van der Waals surface area (Å²) in [5, 5.41) is 66.0. The quantitative estimate of drug-likeness (QED) is 0.0907. The molecular formula is C95H105N25O6S3. The van der Waals surface area contributed by atoms with Gasteiger partial charge in [-0.2, -0.15) is 31.1 Å². The third kappa shape index (κ3) is 15.1. The predicted molar refractivity (Wildman–Crippen MR) is 499 cm³/mol. The minimum absolute atomic E-state index is 0. The highest BCUT2D eigenvalue weighted by atomic mass is 32.1. The number of benzene rings is 3. The summed E-state index contributed by atoms with van der Waals surface area (Å²) in [6, 6.07) is 37.8. The van der Waals surface area contributed by atoms with Gasteiger partial charge in [0.2, 0.25) is 5.91 Å². The van der Waals surface area contributed by atoms with Crippen LogP contribution >= 0.6 is 34.0 Å². The lowest BCUT2D eigenvalue weighted by Gasteiger charge is -2.61. The average molecular weight is 1790 g/mol. The van der Waals surface area contributed by atoms with Gasteiger partial charge in [0, 0.05) is 186 Å². The molecule has 31 nitrogen and oxygen atoms in total. The standard InChI is InChI=1S/C33H35N7O2S.C31H33N9O2S.C30H33N9O2S.CH4/c1-20-4-6-22(7-5-20)28-27(13-34)43-32(35-28)37(3)30-26-12-25(21(2)14-40(26)36-29(30)23-8-9-23)38-16-33(17-38)18-39(19-33)31(41)24-10-11-42-15-24;1-18-4-6-20(7-5-18)25-23(11-32)43-29(34-25)36(3)27-26(21-8-9-21)35-40-19(2)10-24(33-28(27)40)38-14-31(15-38)16-39(17-31)30(42)37-12-22(41)13-37;1-5-22-26(35(4)28-33-25(23(11-31)42-28)20-8-6-18(2)7-9-20)27-32-24(10-19(3)39(27)34-22)37-14-30(15-37)16-38(17-30)29(41)36-12-21(40)13-36;/h4-7,12,14,23-24H,8-11,15-19H2,1-3H3;4-7,10,21-22,41H,8-9,12-17H2,1-3H3;6-10,21,40H,5,12-17H2,1-4H3;1H4/t24-;;;/m1.../s1/i14D;;;. The van der Waals surface area contributed by atoms with Crippen LogP contribution in [0.5, 0.6) is 0 Å². The fraction of sp³-hybridized carbons (Fsp3) is 0.453. The van der Waals surface area contributed by atoms with E-state index in [0.717, 1.165) is 246 Å². The van der Waals surface area contributed by atoms with E-state index in [0.29, 0.717) is 94.2 Å². The van der Waals surface area contributed by atoms with Crippen LogP contribution in [0.3, 0.4) is 0 Å². The molecule has 9 saturated heterocycles. The third-order valence-corrected chi connectivity index (χ3v) is 30.5. The van der Waals surface area contributed by atoms with Crippen LogP contribution in [0.25, 0.3) is 50.6 Å². The summed E-state index contributed by atoms with van der Waals surface area (Å²) in [5.74, 6) is 2.83. The fourth-order valence-corrected chi connectivity index (χ4v) is 22.5. The van der Waals surface area contributed by atoms with Gasteiger partial charge < -0.3 is 68.8 Å². The molecule has 11 aliphatic rings. The number of anilines is 9. The van der Waals surface area contributed by atoms with Gasteiger partial charge in [-0.25, -0.2) is 48.1 Å². The Kier molecular flexibility index (Phi) is 21.0. The van der Waals surface area contributed by atoms with Crippen LogP contribution < -0.4 is 29.4 Å². The van der Waals surface area contributed by atoms with Crippen LogP contribution in [0.4, 0.5) is 59.4 Å². The molecule has 9 aliphatic heterocycles. The highest BCUT2D eigenvalue weighted by Crippen LogP contribution is 2.53. The topological polar surface area (TPSA) is 324 Å². The van der Waals surface area contributed by atoms with Crippen LogP contribution in [-0.2, 0) is 16.0 Å². The Bertz CT molecular complexity index is 6630. The number of thiazole rings is 3. The molecule has 0 radical (unpaired) electrons. The third-order valence-electron chi connectivity index (χ3n) is 27.4. The minimum atomic E-state index is -0.382. The van der Waals surface area contributed by atoms with E-state index in [9.17, 15) is 40.4 Å². The van der Waals surface area contributed by atoms with Crippen LogP contribution in [-0.4, -0.2) is 258 Å². The van der Waals surface area contributed by atoms with Gasteiger partial charge in [-0.1, -0.05) is 138 Å². The number of β-amino-alcohol motifs (C(OH)–C–C–N with tert-alkyl or cyclic N) is 2. The van der Waals surface area contributed by atoms with E-state index in [1.807, 2.05) is 157 Å². The van der Waals surface area contributed by atoms with Gasteiger partial charge in [0.15, 0.2) is 26.7 Å². The van der Waals surface area contributed by atoms with Crippen molar-refractivity contribution >= 4 is 119 Å². The van der Waals surface area contributed by atoms with Gasteiger partial charge in [0.1, 0.15) is 72.9 Å². The molecule has 664 valence electrons. The van der Waals surface area contributed by atoms with Crippen molar-refractivity contribution in [3.8, 4) is 52.0 Å². The van der Waals surface area contributed by atoms with Crippen molar-refractivity contribution in [3.63, 3.8) is 0 Å². The van der Waals surface area contributed by atoms with Gasteiger partial charge in [0.25, 0.3) is 0 Å². The second-order valence-electron chi connectivity index (χ2n) is 37.6. The summed E-state index contributed by atoms with van der Waals surface area (Å²) in [6.07, 6.45) is 5.56. The maximum absolute atomic E-state index is 12.8. The molecule has 2 aliphatic carbocycles. The fourth-order valence-electron chi connectivity index (χ4n) is 19.9. The molecule has 5 amide bonds. The number of hydrogen-bond acceptors (Lipinski definition) is 26. The summed E-state index contributed by atoms with van der Waals surface area (Å²) in [6.45, 7) is 27.1. The van der Waals surface area contributed by atoms with E-state index in [1.54, 1.807) is 14.3 Å². The first-order chi connectivity index (χ1) is 62.1. The molecule has 18 heterocycles. The van der Waals surface area contributed by atoms with E-state index in [4.69, 9.17) is 46.3 Å². The maximum atomic E-state index is 12.8. The number of ether oxygens (including phenoxy) is 1. The van der Waals surface area contributed by atoms with Gasteiger partial charge in [-0.15, -0.1) is 0 Å². The Morgan fingerprint density at radius 2 is 0.899 bits per heavy atom. The number of aryl methyl sites for hydroxylation is 6. The Morgan fingerprint density at radius 1 is 0.504 bits per heavy atom. The highest BCUT2D eigenvalue weighted by Gasteiger charge is 2.58. The molecule has 3 spiro atoms. The lowest BCUT2D eigenvalue weighted by molar-refractivity contribution is -0.149. The van der Waals surface area contributed by atoms with Crippen molar-refractivity contribution in [2.45, 2.75) is 118 Å². The minimum Gasteiger partial charge on any atom is -0.389 e. The summed E-state index contributed by atoms with van der Waals surface area (Å²) < 4.78 is 20.2. The first-order valence-electron chi connectivity index (χ1n) is 44.7. The Hall–Kier alpha value is -12.4. The van der Waals surface area contributed by atoms with E-state index in [-0.39, 0.29) is 59.8 Å². The number of pyridine rings is 1. The number of rotatable bonds is 16. The van der Waals surface area contributed by atoms with Crippen LogP contribution in [0.15, 0.2) is 97.2 Å². The Balaban J connectivity index is 0.000000122. The van der Waals surface area contributed by atoms with Crippen molar-refractivity contribution in [1.82, 2.24) is 78.3 Å². The smallest absolute Gasteiger partial charge is 0.320 e. The number of urea groups is 2. The zero-order chi connectivity index (χ0) is 89.3. The van der Waals surface area contributed by atoms with Crippen molar-refractivity contribution in [2.75, 3.05) is 168 Å². The van der Waals surface area contributed by atoms with Crippen molar-refractivity contribution in [1.29, 1.82) is 15.8 Å². The Morgan fingerprint density at radius 3 is 1.30 bits per heavy atom. The van der Waals surface area contributed by atoms with Gasteiger partial charge in [0.05, 0.1) is 80.6 Å². The molecular weight excluding hydrogens is 1680 g/mol. The molecule has 11 fully saturated rings. The van der Waals surface area contributed by atoms with Crippen LogP contribution in [0, 0.1) is 97.7 Å². The number of likely N-dealkylation sites (tertiary alicyclic amines) is 5. The summed E-state index contributed by atoms with van der Waals surface area (Å²) in [7, 11) is 5.97. The Labute approximate surface area is 762 Å². The SMILES string of the molecule is C.CCc1nn2c(C)cc(N3CC4(CN(C(=O)N5CC(O)C5)C4)C3)nc2c1N(C)c1nc(-c2ccc(C)cc2)c(C#N)s1.Cc1ccc(-c2nc(N(C)c3c(C4CC4)nn4c(C)cc(N5CC6(CN(C(=O)N7CC(O)C7)C6)C5)nc34)sc2C#N)cc1.[2H]c1c(C)c(N2CC3(CN(C(=O)[C@@H]4CCOC4)C3)C2)cc2c(N(C)c3nc(-c4ccc(C)cc4)c(C#N)s3)c(C3CC3)nn12. The number of nitrogens with zero attached hydrogens (tertiary/aromatic N) is 25. The first-order valence-corrected chi connectivity index (χ1v) is 46.6. The average Bonchev–Trinajstić information content (AvgIpc) is 0.758. The van der Waals surface area contributed by atoms with Crippen molar-refractivity contribution < 1.29 is 30.7 Å². The van der Waals surface area contributed by atoms with Gasteiger partial charge in [-0.3, -0.25) is 4.79 Å². The van der Waals surface area contributed by atoms with Gasteiger partial charge >= 0.3 is 12.1 Å². The summed E-state index contributed by atoms with van der Waals surface area (Å²) in [5.41, 5.74) is 20.9. The van der Waals surface area contributed by atoms with Gasteiger partial charge in [-0.05, 0) is 91.7 Å². The van der Waals surface area contributed by atoms with Crippen molar-refractivity contribution in [3.05, 3.63) is 163 Å².